The predicted octanol–water partition coefficient (Wildman–Crippen LogP) is 4.79. The molecule has 128 valence electrons. The number of hydrogen-bond acceptors (Lipinski definition) is 4. The van der Waals surface area contributed by atoms with Crippen LogP contribution in [0.1, 0.15) is 11.1 Å². The van der Waals surface area contributed by atoms with Crippen molar-refractivity contribution in [3.63, 3.8) is 0 Å². The Balaban J connectivity index is 1.73. The van der Waals surface area contributed by atoms with Gasteiger partial charge in [0.25, 0.3) is 5.91 Å². The van der Waals surface area contributed by atoms with Crippen molar-refractivity contribution in [3.05, 3.63) is 69.6 Å². The monoisotopic (exact) mass is 389 g/mol. The molecule has 1 saturated heterocycles. The third kappa shape index (κ3) is 4.24. The fraction of sp³-hybridized carbons (Fsp3) is 0.158. The van der Waals surface area contributed by atoms with Gasteiger partial charge in [0, 0.05) is 6.54 Å². The molecular formula is C19H16ClNO2S2. The number of methoxy groups -OCH3 is 1. The van der Waals surface area contributed by atoms with Gasteiger partial charge in [-0.2, -0.15) is 0 Å². The highest BCUT2D eigenvalue weighted by molar-refractivity contribution is 8.26. The van der Waals surface area contributed by atoms with Crippen LogP contribution in [-0.4, -0.2) is 28.8 Å². The number of carbonyl (C=O) groups is 1. The maximum atomic E-state index is 12.6. The van der Waals surface area contributed by atoms with Gasteiger partial charge in [-0.3, -0.25) is 9.69 Å². The lowest BCUT2D eigenvalue weighted by atomic mass is 10.1. The largest absolute Gasteiger partial charge is 0.495 e. The van der Waals surface area contributed by atoms with Gasteiger partial charge in [0.15, 0.2) is 0 Å². The molecule has 0 atom stereocenters. The Bertz CT molecular complexity index is 837. The lowest BCUT2D eigenvalue weighted by Crippen LogP contribution is -2.30. The van der Waals surface area contributed by atoms with Gasteiger partial charge < -0.3 is 4.74 Å². The van der Waals surface area contributed by atoms with Crippen LogP contribution in [0, 0.1) is 0 Å². The summed E-state index contributed by atoms with van der Waals surface area (Å²) >= 11 is 12.8. The average molecular weight is 390 g/mol. The summed E-state index contributed by atoms with van der Waals surface area (Å²) in [5, 5.41) is 0.510. The molecule has 0 bridgehead atoms. The molecular weight excluding hydrogens is 374 g/mol. The number of thiocarbonyl (C=S) groups is 1. The molecule has 25 heavy (non-hydrogen) atoms. The molecule has 3 rings (SSSR count). The number of thioether (sulfide) groups is 1. The number of benzene rings is 2. The third-order valence-corrected chi connectivity index (χ3v) is 5.49. The van der Waals surface area contributed by atoms with E-state index in [4.69, 9.17) is 28.6 Å². The highest BCUT2D eigenvalue weighted by atomic mass is 35.5. The van der Waals surface area contributed by atoms with Crippen LogP contribution in [0.2, 0.25) is 5.02 Å². The minimum absolute atomic E-state index is 0.0575. The smallest absolute Gasteiger partial charge is 0.266 e. The number of carbonyl (C=O) groups excluding carboxylic acids is 1. The summed E-state index contributed by atoms with van der Waals surface area (Å²) in [4.78, 5) is 14.9. The first kappa shape index (κ1) is 18.0. The van der Waals surface area contributed by atoms with Crippen molar-refractivity contribution in [2.24, 2.45) is 0 Å². The van der Waals surface area contributed by atoms with E-state index in [0.29, 0.717) is 26.5 Å². The van der Waals surface area contributed by atoms with E-state index in [2.05, 4.69) is 0 Å². The van der Waals surface area contributed by atoms with Crippen LogP contribution in [0.15, 0.2) is 53.4 Å². The van der Waals surface area contributed by atoms with Crippen molar-refractivity contribution in [1.82, 2.24) is 4.90 Å². The molecule has 3 nitrogen and oxygen atoms in total. The van der Waals surface area contributed by atoms with Crippen LogP contribution in [0.3, 0.4) is 0 Å². The number of rotatable bonds is 5. The molecule has 1 amide bonds. The molecule has 2 aromatic rings. The first-order chi connectivity index (χ1) is 12.1. The van der Waals surface area contributed by atoms with Crippen molar-refractivity contribution in [2.45, 2.75) is 6.42 Å². The fourth-order valence-electron chi connectivity index (χ4n) is 2.50. The molecule has 0 spiro atoms. The van der Waals surface area contributed by atoms with Crippen molar-refractivity contribution in [1.29, 1.82) is 0 Å². The zero-order chi connectivity index (χ0) is 17.8. The maximum absolute atomic E-state index is 12.6. The number of hydrogen-bond donors (Lipinski definition) is 0. The Morgan fingerprint density at radius 2 is 2.00 bits per heavy atom. The molecule has 0 aromatic heterocycles. The highest BCUT2D eigenvalue weighted by Crippen LogP contribution is 2.34. The lowest BCUT2D eigenvalue weighted by molar-refractivity contribution is -0.122. The third-order valence-electron chi connectivity index (χ3n) is 3.81. The highest BCUT2D eigenvalue weighted by Gasteiger charge is 2.31. The number of nitrogens with zero attached hydrogens (tertiary/aromatic N) is 1. The topological polar surface area (TPSA) is 29.5 Å². The van der Waals surface area contributed by atoms with Gasteiger partial charge in [0.05, 0.1) is 17.0 Å². The Hall–Kier alpha value is -1.82. The lowest BCUT2D eigenvalue weighted by Gasteiger charge is -2.14. The zero-order valence-corrected chi connectivity index (χ0v) is 16.0. The standard InChI is InChI=1S/C19H16ClNO2S2/c1-23-16-8-7-14(11-15(16)20)12-17-18(22)21(19(24)25-17)10-9-13-5-3-2-4-6-13/h2-8,11-12H,9-10H2,1H3/b17-12-. The second kappa shape index (κ2) is 8.04. The minimum atomic E-state index is -0.0575. The van der Waals surface area contributed by atoms with Gasteiger partial charge in [-0.05, 0) is 35.8 Å². The maximum Gasteiger partial charge on any atom is 0.266 e. The number of ether oxygens (including phenoxy) is 1. The SMILES string of the molecule is COc1ccc(/C=C2\SC(=S)N(CCc3ccccc3)C2=O)cc1Cl. The van der Waals surface area contributed by atoms with Gasteiger partial charge in [0.2, 0.25) is 0 Å². The minimum Gasteiger partial charge on any atom is -0.495 e. The molecule has 1 aliphatic heterocycles. The van der Waals surface area contributed by atoms with Crippen LogP contribution in [0.25, 0.3) is 6.08 Å². The second-order valence-electron chi connectivity index (χ2n) is 5.46. The van der Waals surface area contributed by atoms with Crippen molar-refractivity contribution in [2.75, 3.05) is 13.7 Å². The summed E-state index contributed by atoms with van der Waals surface area (Å²) in [6.07, 6.45) is 2.59. The van der Waals surface area contributed by atoms with E-state index in [9.17, 15) is 4.79 Å². The van der Waals surface area contributed by atoms with Crippen molar-refractivity contribution < 1.29 is 9.53 Å². The van der Waals surface area contributed by atoms with Crippen LogP contribution < -0.4 is 4.74 Å². The van der Waals surface area contributed by atoms with E-state index in [0.717, 1.165) is 12.0 Å². The molecule has 6 heteroatoms. The Labute approximate surface area is 161 Å². The fourth-order valence-corrected chi connectivity index (χ4v) is 4.08. The summed E-state index contributed by atoms with van der Waals surface area (Å²) < 4.78 is 5.73. The molecule has 1 aliphatic rings. The molecule has 0 saturated carbocycles. The molecule has 1 fully saturated rings. The molecule has 0 N–H and O–H groups in total. The summed E-state index contributed by atoms with van der Waals surface area (Å²) in [6, 6.07) is 15.5. The van der Waals surface area contributed by atoms with Gasteiger partial charge in [-0.25, -0.2) is 0 Å². The van der Waals surface area contributed by atoms with E-state index >= 15 is 0 Å². The number of halogens is 1. The quantitative estimate of drug-likeness (QED) is 0.543. The summed E-state index contributed by atoms with van der Waals surface area (Å²) in [5.41, 5.74) is 2.02. The normalized spacial score (nSPS) is 15.9. The van der Waals surface area contributed by atoms with E-state index < -0.39 is 0 Å². The van der Waals surface area contributed by atoms with Crippen molar-refractivity contribution in [3.8, 4) is 5.75 Å². The zero-order valence-electron chi connectivity index (χ0n) is 13.6. The summed E-state index contributed by atoms with van der Waals surface area (Å²) in [7, 11) is 1.57. The van der Waals surface area contributed by atoms with Gasteiger partial charge in [-0.1, -0.05) is 72.0 Å². The van der Waals surface area contributed by atoms with Crippen molar-refractivity contribution >= 4 is 51.9 Å². The molecule has 1 heterocycles. The molecule has 0 aliphatic carbocycles. The first-order valence-corrected chi connectivity index (χ1v) is 9.31. The van der Waals surface area contributed by atoms with Gasteiger partial charge in [-0.15, -0.1) is 0 Å². The van der Waals surface area contributed by atoms with E-state index in [1.807, 2.05) is 42.5 Å². The van der Waals surface area contributed by atoms with E-state index in [1.165, 1.54) is 17.3 Å². The second-order valence-corrected chi connectivity index (χ2v) is 7.55. The average Bonchev–Trinajstić information content (AvgIpc) is 2.87. The first-order valence-electron chi connectivity index (χ1n) is 7.71. The van der Waals surface area contributed by atoms with Crippen LogP contribution in [0.4, 0.5) is 0 Å². The molecule has 0 radical (unpaired) electrons. The van der Waals surface area contributed by atoms with Gasteiger partial charge >= 0.3 is 0 Å². The Morgan fingerprint density at radius 1 is 1.24 bits per heavy atom. The Morgan fingerprint density at radius 3 is 2.68 bits per heavy atom. The van der Waals surface area contributed by atoms with E-state index in [1.54, 1.807) is 24.1 Å². The summed E-state index contributed by atoms with van der Waals surface area (Å²) in [5.74, 6) is 0.548. The molecule has 2 aromatic carbocycles. The van der Waals surface area contributed by atoms with E-state index in [-0.39, 0.29) is 5.91 Å². The summed E-state index contributed by atoms with van der Waals surface area (Å²) in [6.45, 7) is 0.579. The molecule has 0 unspecified atom stereocenters. The van der Waals surface area contributed by atoms with Gasteiger partial charge in [0.1, 0.15) is 10.1 Å². The Kier molecular flexibility index (Phi) is 5.78. The predicted molar refractivity (Wildman–Crippen MR) is 108 cm³/mol. The number of amides is 1. The van der Waals surface area contributed by atoms with Crippen LogP contribution in [0.5, 0.6) is 5.75 Å². The van der Waals surface area contributed by atoms with Crippen LogP contribution in [-0.2, 0) is 11.2 Å². The van der Waals surface area contributed by atoms with Crippen LogP contribution >= 0.6 is 35.6 Å².